The quantitative estimate of drug-likeness (QED) is 0.398. The van der Waals surface area contributed by atoms with Gasteiger partial charge in [0.05, 0.1) is 22.8 Å². The summed E-state index contributed by atoms with van der Waals surface area (Å²) in [5.41, 5.74) is 2.76. The third-order valence-electron chi connectivity index (χ3n) is 5.19. The Hall–Kier alpha value is -3.42. The van der Waals surface area contributed by atoms with Crippen molar-refractivity contribution in [3.05, 3.63) is 60.2 Å². The summed E-state index contributed by atoms with van der Waals surface area (Å²) >= 11 is 0. The van der Waals surface area contributed by atoms with Gasteiger partial charge in [-0.2, -0.15) is 19.6 Å². The molecule has 0 spiro atoms. The maximum Gasteiger partial charge on any atom is 0.346 e. The molecule has 8 heteroatoms. The van der Waals surface area contributed by atoms with Crippen LogP contribution in [0.3, 0.4) is 0 Å². The van der Waals surface area contributed by atoms with Crippen LogP contribution < -0.4 is 10.6 Å². The Morgan fingerprint density at radius 2 is 1.16 bits per heavy atom. The van der Waals surface area contributed by atoms with Gasteiger partial charge in [0.15, 0.2) is 0 Å². The van der Waals surface area contributed by atoms with Gasteiger partial charge in [-0.3, -0.25) is 0 Å². The van der Waals surface area contributed by atoms with E-state index >= 15 is 0 Å². The van der Waals surface area contributed by atoms with E-state index in [1.165, 1.54) is 9.36 Å². The van der Waals surface area contributed by atoms with Crippen molar-refractivity contribution in [1.82, 2.24) is 19.6 Å². The lowest BCUT2D eigenvalue weighted by Gasteiger charge is -2.12. The molecule has 0 radical (unpaired) electrons. The number of hydrogen-bond donors (Lipinski definition) is 2. The highest BCUT2D eigenvalue weighted by molar-refractivity contribution is 5.99. The van der Waals surface area contributed by atoms with Crippen molar-refractivity contribution in [3.63, 3.8) is 0 Å². The zero-order chi connectivity index (χ0) is 22.8. The van der Waals surface area contributed by atoms with Crippen LogP contribution in [0.25, 0.3) is 0 Å². The number of anilines is 2. The first kappa shape index (κ1) is 23.2. The summed E-state index contributed by atoms with van der Waals surface area (Å²) in [6, 6.07) is 10.0. The largest absolute Gasteiger partial charge is 0.346 e. The van der Waals surface area contributed by atoms with Crippen LogP contribution in [0.2, 0.25) is 0 Å². The number of amides is 2. The maximum absolute atomic E-state index is 12.7. The second-order valence-corrected chi connectivity index (χ2v) is 7.82. The van der Waals surface area contributed by atoms with Gasteiger partial charge in [0.1, 0.15) is 0 Å². The second kappa shape index (κ2) is 11.8. The highest BCUT2D eigenvalue weighted by atomic mass is 16.2. The Morgan fingerprint density at radius 3 is 1.56 bits per heavy atom. The van der Waals surface area contributed by atoms with Crippen molar-refractivity contribution in [1.29, 1.82) is 0 Å². The van der Waals surface area contributed by atoms with Gasteiger partial charge in [-0.25, -0.2) is 9.59 Å². The Bertz CT molecular complexity index is 942. The molecule has 170 valence electrons. The van der Waals surface area contributed by atoms with E-state index in [0.29, 0.717) is 11.4 Å². The standard InChI is InChI=1S/C24H32N6O2/c1-3-5-7-11-19-15-17-29(27-19)23(31)25-21-13-9-10-14-22(21)26-24(32)30-18-16-20(28-30)12-8-6-4-2/h9-10,13-18H,3-8,11-12H2,1-2H3,(H,25,31)(H,26,32). The molecule has 2 aromatic heterocycles. The van der Waals surface area contributed by atoms with Gasteiger partial charge in [0, 0.05) is 12.4 Å². The predicted octanol–water partition coefficient (Wildman–Crippen LogP) is 5.71. The van der Waals surface area contributed by atoms with E-state index in [9.17, 15) is 9.59 Å². The number of nitrogens with one attached hydrogen (secondary N) is 2. The van der Waals surface area contributed by atoms with Gasteiger partial charge in [0.25, 0.3) is 0 Å². The Kier molecular flexibility index (Phi) is 8.60. The van der Waals surface area contributed by atoms with Crippen molar-refractivity contribution in [2.45, 2.75) is 65.2 Å². The molecule has 2 heterocycles. The number of nitrogens with zero attached hydrogens (tertiary/aromatic N) is 4. The summed E-state index contributed by atoms with van der Waals surface area (Å²) in [5.74, 6) is 0. The molecule has 0 aliphatic carbocycles. The minimum absolute atomic E-state index is 0.384. The first-order valence-corrected chi connectivity index (χ1v) is 11.4. The van der Waals surface area contributed by atoms with Crippen molar-refractivity contribution < 1.29 is 9.59 Å². The topological polar surface area (TPSA) is 93.8 Å². The second-order valence-electron chi connectivity index (χ2n) is 7.82. The molecule has 0 unspecified atom stereocenters. The number of aryl methyl sites for hydroxylation is 2. The highest BCUT2D eigenvalue weighted by Crippen LogP contribution is 2.21. The molecule has 8 nitrogen and oxygen atoms in total. The van der Waals surface area contributed by atoms with Crippen molar-refractivity contribution in [2.24, 2.45) is 0 Å². The van der Waals surface area contributed by atoms with Crippen molar-refractivity contribution in [3.8, 4) is 0 Å². The maximum atomic E-state index is 12.7. The fourth-order valence-corrected chi connectivity index (χ4v) is 3.37. The molecule has 0 fully saturated rings. The fourth-order valence-electron chi connectivity index (χ4n) is 3.37. The molecule has 0 aliphatic rings. The molecule has 1 aromatic carbocycles. The number of carbonyl (C=O) groups excluding carboxylic acids is 2. The molecule has 0 bridgehead atoms. The van der Waals surface area contributed by atoms with Gasteiger partial charge in [-0.1, -0.05) is 51.7 Å². The van der Waals surface area contributed by atoms with E-state index in [0.717, 1.165) is 62.8 Å². The van der Waals surface area contributed by atoms with E-state index in [-0.39, 0.29) is 12.1 Å². The predicted molar refractivity (Wildman–Crippen MR) is 126 cm³/mol. The number of hydrogen-bond acceptors (Lipinski definition) is 4. The Morgan fingerprint density at radius 1 is 0.719 bits per heavy atom. The average Bonchev–Trinajstić information content (AvgIpc) is 3.46. The first-order chi connectivity index (χ1) is 15.6. The SMILES string of the molecule is CCCCCc1ccn(C(=O)Nc2ccccc2NC(=O)n2ccc(CCCCC)n2)n1. The van der Waals surface area contributed by atoms with Crippen LogP contribution >= 0.6 is 0 Å². The van der Waals surface area contributed by atoms with Gasteiger partial charge in [0.2, 0.25) is 0 Å². The summed E-state index contributed by atoms with van der Waals surface area (Å²) in [7, 11) is 0. The van der Waals surface area contributed by atoms with Crippen molar-refractivity contribution >= 4 is 23.4 Å². The van der Waals surface area contributed by atoms with Crippen LogP contribution in [0.15, 0.2) is 48.8 Å². The highest BCUT2D eigenvalue weighted by Gasteiger charge is 2.13. The van der Waals surface area contributed by atoms with Gasteiger partial charge in [-0.15, -0.1) is 0 Å². The third kappa shape index (κ3) is 6.54. The van der Waals surface area contributed by atoms with Crippen LogP contribution in [0.5, 0.6) is 0 Å². The Labute approximate surface area is 189 Å². The van der Waals surface area contributed by atoms with Crippen molar-refractivity contribution in [2.75, 3.05) is 10.6 Å². The summed E-state index contributed by atoms with van der Waals surface area (Å²) < 4.78 is 2.58. The Balaban J connectivity index is 1.62. The molecular weight excluding hydrogens is 404 g/mol. The number of aromatic nitrogens is 4. The molecule has 3 rings (SSSR count). The summed E-state index contributed by atoms with van der Waals surface area (Å²) in [6.45, 7) is 4.31. The zero-order valence-electron chi connectivity index (χ0n) is 18.9. The number of carbonyl (C=O) groups is 2. The monoisotopic (exact) mass is 436 g/mol. The first-order valence-electron chi connectivity index (χ1n) is 11.4. The minimum atomic E-state index is -0.384. The number of benzene rings is 1. The summed E-state index contributed by atoms with van der Waals surface area (Å²) in [6.07, 6.45) is 11.7. The molecule has 0 aliphatic heterocycles. The average molecular weight is 437 g/mol. The molecule has 32 heavy (non-hydrogen) atoms. The molecular formula is C24H32N6O2. The number of para-hydroxylation sites is 2. The van der Waals surface area contributed by atoms with Crippen LogP contribution in [0, 0.1) is 0 Å². The number of rotatable bonds is 10. The smallest absolute Gasteiger partial charge is 0.304 e. The third-order valence-corrected chi connectivity index (χ3v) is 5.19. The fraction of sp³-hybridized carbons (Fsp3) is 0.417. The van der Waals surface area contributed by atoms with Gasteiger partial charge < -0.3 is 10.6 Å². The van der Waals surface area contributed by atoms with Crippen LogP contribution in [-0.2, 0) is 12.8 Å². The van der Waals surface area contributed by atoms with Crippen LogP contribution in [0.1, 0.15) is 63.8 Å². The van der Waals surface area contributed by atoms with E-state index in [1.54, 1.807) is 36.7 Å². The molecule has 2 amide bonds. The van der Waals surface area contributed by atoms with Crippen LogP contribution in [0.4, 0.5) is 21.0 Å². The molecule has 0 saturated carbocycles. The lowest BCUT2D eigenvalue weighted by molar-refractivity contribution is 0.249. The molecule has 2 N–H and O–H groups in total. The van der Waals surface area contributed by atoms with E-state index in [4.69, 9.17) is 0 Å². The van der Waals surface area contributed by atoms with Gasteiger partial charge >= 0.3 is 12.1 Å². The zero-order valence-corrected chi connectivity index (χ0v) is 18.9. The normalized spacial score (nSPS) is 10.8. The molecule has 0 saturated heterocycles. The minimum Gasteiger partial charge on any atom is -0.304 e. The van der Waals surface area contributed by atoms with E-state index < -0.39 is 0 Å². The van der Waals surface area contributed by atoms with Gasteiger partial charge in [-0.05, 0) is 49.9 Å². The van der Waals surface area contributed by atoms with E-state index in [1.807, 2.05) is 12.1 Å². The number of unbranched alkanes of at least 4 members (excludes halogenated alkanes) is 4. The summed E-state index contributed by atoms with van der Waals surface area (Å²) in [5, 5.41) is 14.3. The van der Waals surface area contributed by atoms with Crippen LogP contribution in [-0.4, -0.2) is 31.6 Å². The molecule has 3 aromatic rings. The van der Waals surface area contributed by atoms with E-state index in [2.05, 4.69) is 34.7 Å². The molecule has 0 atom stereocenters. The lowest BCUT2D eigenvalue weighted by atomic mass is 10.2. The lowest BCUT2D eigenvalue weighted by Crippen LogP contribution is -2.23. The summed E-state index contributed by atoms with van der Waals surface area (Å²) in [4.78, 5) is 25.3.